The molecule has 0 aliphatic rings. The molecule has 0 heterocycles. The lowest BCUT2D eigenvalue weighted by atomic mass is 10.0. The van der Waals surface area contributed by atoms with Crippen LogP contribution in [0.1, 0.15) is 11.1 Å². The second-order valence-electron chi connectivity index (χ2n) is 5.66. The lowest BCUT2D eigenvalue weighted by Crippen LogP contribution is -2.38. The third-order valence-electron chi connectivity index (χ3n) is 3.38. The summed E-state index contributed by atoms with van der Waals surface area (Å²) in [7, 11) is -1.25. The normalized spacial score (nSPS) is 12.1. The van der Waals surface area contributed by atoms with Crippen molar-refractivity contribution in [3.05, 3.63) is 41.5 Å². The van der Waals surface area contributed by atoms with Crippen molar-refractivity contribution in [3.8, 4) is 0 Å². The van der Waals surface area contributed by atoms with Crippen LogP contribution in [0, 0.1) is 13.8 Å². The van der Waals surface area contributed by atoms with Crippen molar-refractivity contribution >= 4 is 24.0 Å². The number of hydrogen-bond donors (Lipinski definition) is 0. The molecule has 84 valence electrons. The van der Waals surface area contributed by atoms with Crippen molar-refractivity contribution in [2.24, 2.45) is 0 Å². The number of fused-ring (bicyclic) bond motifs is 1. The van der Waals surface area contributed by atoms with Crippen LogP contribution in [-0.2, 0) is 0 Å². The molecule has 16 heavy (non-hydrogen) atoms. The monoisotopic (exact) mass is 228 g/mol. The highest BCUT2D eigenvalue weighted by atomic mass is 28.3. The van der Waals surface area contributed by atoms with Crippen molar-refractivity contribution in [1.29, 1.82) is 0 Å². The van der Waals surface area contributed by atoms with E-state index in [1.807, 2.05) is 0 Å². The van der Waals surface area contributed by atoms with E-state index in [1.54, 1.807) is 5.19 Å². The fraction of sp³-hybridized carbons (Fsp3) is 0.333. The van der Waals surface area contributed by atoms with Crippen molar-refractivity contribution in [3.63, 3.8) is 0 Å². The molecule has 0 amide bonds. The molecule has 0 aliphatic carbocycles. The van der Waals surface area contributed by atoms with Gasteiger partial charge in [0.05, 0.1) is 8.07 Å². The summed E-state index contributed by atoms with van der Waals surface area (Å²) in [6.45, 7) is 11.7. The molecular weight excluding hydrogens is 208 g/mol. The Labute approximate surface area is 99.3 Å². The van der Waals surface area contributed by atoms with Crippen LogP contribution < -0.4 is 5.19 Å². The average molecular weight is 228 g/mol. The van der Waals surface area contributed by atoms with E-state index in [9.17, 15) is 0 Å². The molecule has 0 spiro atoms. The first kappa shape index (κ1) is 11.4. The molecule has 0 saturated heterocycles. The highest BCUT2D eigenvalue weighted by Gasteiger charge is 2.20. The van der Waals surface area contributed by atoms with Gasteiger partial charge in [0.2, 0.25) is 0 Å². The summed E-state index contributed by atoms with van der Waals surface area (Å²) in [6, 6.07) is 11.2. The van der Waals surface area contributed by atoms with Crippen molar-refractivity contribution in [1.82, 2.24) is 0 Å². The van der Waals surface area contributed by atoms with E-state index in [1.165, 1.54) is 21.9 Å². The van der Waals surface area contributed by atoms with Crippen LogP contribution in [0.15, 0.2) is 30.3 Å². The molecule has 1 heteroatoms. The van der Waals surface area contributed by atoms with Gasteiger partial charge in [-0.3, -0.25) is 0 Å². The second kappa shape index (κ2) is 3.74. The first-order valence-corrected chi connectivity index (χ1v) is 9.40. The van der Waals surface area contributed by atoms with Crippen LogP contribution in [0.2, 0.25) is 19.6 Å². The van der Waals surface area contributed by atoms with Gasteiger partial charge < -0.3 is 0 Å². The molecule has 0 unspecified atom stereocenters. The molecule has 2 rings (SSSR count). The zero-order valence-electron chi connectivity index (χ0n) is 10.9. The fourth-order valence-electron chi connectivity index (χ4n) is 2.28. The van der Waals surface area contributed by atoms with Gasteiger partial charge in [-0.15, -0.1) is 0 Å². The van der Waals surface area contributed by atoms with Gasteiger partial charge in [0.1, 0.15) is 0 Å². The molecule has 0 atom stereocenters. The van der Waals surface area contributed by atoms with Crippen molar-refractivity contribution < 1.29 is 0 Å². The highest BCUT2D eigenvalue weighted by molar-refractivity contribution is 6.90. The topological polar surface area (TPSA) is 0 Å². The molecule has 0 bridgehead atoms. The Morgan fingerprint density at radius 2 is 1.44 bits per heavy atom. The molecule has 0 fully saturated rings. The van der Waals surface area contributed by atoms with Gasteiger partial charge in [-0.2, -0.15) is 0 Å². The van der Waals surface area contributed by atoms with E-state index >= 15 is 0 Å². The molecule has 0 N–H and O–H groups in total. The van der Waals surface area contributed by atoms with E-state index in [2.05, 4.69) is 63.8 Å². The predicted octanol–water partition coefficient (Wildman–Crippen LogP) is 4.00. The summed E-state index contributed by atoms with van der Waals surface area (Å²) < 4.78 is 0. The summed E-state index contributed by atoms with van der Waals surface area (Å²) >= 11 is 0. The molecule has 0 aliphatic heterocycles. The Hall–Kier alpha value is -1.08. The molecular formula is C15H20Si. The molecule has 2 aromatic carbocycles. The Morgan fingerprint density at radius 3 is 2.00 bits per heavy atom. The minimum atomic E-state index is -1.25. The quantitative estimate of drug-likeness (QED) is 0.647. The number of aryl methyl sites for hydroxylation is 2. The van der Waals surface area contributed by atoms with Crippen LogP contribution in [0.25, 0.3) is 10.8 Å². The molecule has 0 aromatic heterocycles. The average Bonchev–Trinajstić information content (AvgIpc) is 2.22. The fourth-order valence-corrected chi connectivity index (χ4v) is 3.96. The molecule has 2 aromatic rings. The van der Waals surface area contributed by atoms with Crippen LogP contribution in [0.4, 0.5) is 0 Å². The zero-order chi connectivity index (χ0) is 11.9. The third-order valence-corrected chi connectivity index (χ3v) is 5.41. The molecule has 0 saturated carbocycles. The lowest BCUT2D eigenvalue weighted by Gasteiger charge is -2.21. The third kappa shape index (κ3) is 1.80. The maximum absolute atomic E-state index is 2.42. The molecule has 0 nitrogen and oxygen atoms in total. The first-order valence-electron chi connectivity index (χ1n) is 5.90. The predicted molar refractivity (Wildman–Crippen MR) is 76.4 cm³/mol. The Morgan fingerprint density at radius 1 is 0.875 bits per heavy atom. The van der Waals surface area contributed by atoms with Gasteiger partial charge in [0, 0.05) is 0 Å². The maximum Gasteiger partial charge on any atom is 0.0784 e. The van der Waals surface area contributed by atoms with Gasteiger partial charge in [0.15, 0.2) is 0 Å². The van der Waals surface area contributed by atoms with Gasteiger partial charge in [-0.1, -0.05) is 55.2 Å². The van der Waals surface area contributed by atoms with E-state index in [-0.39, 0.29) is 0 Å². The van der Waals surface area contributed by atoms with Crippen LogP contribution in [0.3, 0.4) is 0 Å². The summed E-state index contributed by atoms with van der Waals surface area (Å²) in [4.78, 5) is 0. The van der Waals surface area contributed by atoms with E-state index in [4.69, 9.17) is 0 Å². The number of rotatable bonds is 1. The summed E-state index contributed by atoms with van der Waals surface area (Å²) in [5.41, 5.74) is 2.86. The number of benzene rings is 2. The zero-order valence-corrected chi connectivity index (χ0v) is 11.9. The van der Waals surface area contributed by atoms with E-state index in [0.717, 1.165) is 0 Å². The van der Waals surface area contributed by atoms with E-state index < -0.39 is 8.07 Å². The second-order valence-corrected chi connectivity index (χ2v) is 10.7. The van der Waals surface area contributed by atoms with Crippen LogP contribution in [0.5, 0.6) is 0 Å². The summed E-state index contributed by atoms with van der Waals surface area (Å²) in [5.74, 6) is 0. The van der Waals surface area contributed by atoms with E-state index in [0.29, 0.717) is 0 Å². The minimum absolute atomic E-state index is 1.25. The Balaban J connectivity index is 2.91. The minimum Gasteiger partial charge on any atom is -0.0656 e. The smallest absolute Gasteiger partial charge is 0.0656 e. The first-order chi connectivity index (χ1) is 7.41. The Kier molecular flexibility index (Phi) is 2.67. The van der Waals surface area contributed by atoms with Gasteiger partial charge in [0.25, 0.3) is 0 Å². The summed E-state index contributed by atoms with van der Waals surface area (Å²) in [5, 5.41) is 4.48. The Bertz CT molecular complexity index is 533. The highest BCUT2D eigenvalue weighted by Crippen LogP contribution is 2.22. The van der Waals surface area contributed by atoms with Gasteiger partial charge >= 0.3 is 0 Å². The summed E-state index contributed by atoms with van der Waals surface area (Å²) in [6.07, 6.45) is 0. The largest absolute Gasteiger partial charge is 0.0784 e. The van der Waals surface area contributed by atoms with Crippen LogP contribution in [-0.4, -0.2) is 8.07 Å². The number of hydrogen-bond acceptors (Lipinski definition) is 0. The van der Waals surface area contributed by atoms with Crippen molar-refractivity contribution in [2.75, 3.05) is 0 Å². The van der Waals surface area contributed by atoms with Crippen LogP contribution >= 0.6 is 0 Å². The standard InChI is InChI=1S/C15H20Si/c1-11-10-15(16(3,4)5)14-9-7-6-8-13(14)12(11)2/h6-10H,1-5H3. The molecule has 0 radical (unpaired) electrons. The maximum atomic E-state index is 2.42. The van der Waals surface area contributed by atoms with Crippen molar-refractivity contribution in [2.45, 2.75) is 33.5 Å². The lowest BCUT2D eigenvalue weighted by molar-refractivity contribution is 1.38. The SMILES string of the molecule is Cc1cc([Si](C)(C)C)c2ccccc2c1C. The van der Waals surface area contributed by atoms with Gasteiger partial charge in [-0.25, -0.2) is 0 Å². The van der Waals surface area contributed by atoms with Gasteiger partial charge in [-0.05, 0) is 35.7 Å².